The first-order valence-corrected chi connectivity index (χ1v) is 33.1. The molecule has 3 aromatic carbocycles. The second kappa shape index (κ2) is 27.5. The van der Waals surface area contributed by atoms with Crippen molar-refractivity contribution in [3.05, 3.63) is 117 Å². The number of carbonyl (C=O) groups is 4. The first-order chi connectivity index (χ1) is 39.7. The average molecular weight is 1190 g/mol. The number of nitrogens with zero attached hydrogens (tertiary/aromatic N) is 9. The van der Waals surface area contributed by atoms with Crippen LogP contribution in [0.2, 0.25) is 5.02 Å². The quantitative estimate of drug-likeness (QED) is 0.0733. The fraction of sp³-hybridized carbons (Fsp3) is 0.532. The number of piperidine rings is 1. The van der Waals surface area contributed by atoms with Crippen molar-refractivity contribution in [1.29, 1.82) is 0 Å². The SMILES string of the molecule is COc1cc(N2CCC(N3CCN(C(=O)CCN4CCN(CCC(=O)N[C@H](C(=O)N5C[C@H](O)C[C@H]5C(=O)NCc5ccc(-c6scnc6C)cc5)C(C)(C)C)CC4)CC3)CC2)ccc1Cc1ncc(Cl)c(Cc2ccccc2P(C)(C)=O)n1. The molecule has 0 aliphatic carbocycles. The van der Waals surface area contributed by atoms with Crippen LogP contribution in [0.5, 0.6) is 5.75 Å². The molecule has 0 spiro atoms. The molecular weight excluding hydrogens is 1110 g/mol. The number of amides is 4. The number of hydrogen-bond donors (Lipinski definition) is 3. The number of likely N-dealkylation sites (tertiary alicyclic amines) is 1. The summed E-state index contributed by atoms with van der Waals surface area (Å²) in [5.74, 6) is 0.671. The summed E-state index contributed by atoms with van der Waals surface area (Å²) in [6.07, 6.45) is 4.65. The summed E-state index contributed by atoms with van der Waals surface area (Å²) in [6.45, 7) is 21.0. The molecule has 4 saturated heterocycles. The van der Waals surface area contributed by atoms with Gasteiger partial charge in [0, 0.05) is 159 Å². The Morgan fingerprint density at radius 2 is 1.54 bits per heavy atom. The molecule has 0 saturated carbocycles. The predicted octanol–water partition coefficient (Wildman–Crippen LogP) is 6.32. The lowest BCUT2D eigenvalue weighted by molar-refractivity contribution is -0.144. The zero-order valence-electron chi connectivity index (χ0n) is 49.3. The first-order valence-electron chi connectivity index (χ1n) is 29.3. The van der Waals surface area contributed by atoms with E-state index in [-0.39, 0.29) is 49.6 Å². The molecule has 446 valence electrons. The summed E-state index contributed by atoms with van der Waals surface area (Å²) in [5.41, 5.74) is 7.88. The van der Waals surface area contributed by atoms with Gasteiger partial charge >= 0.3 is 0 Å². The average Bonchev–Trinajstić information content (AvgIpc) is 4.36. The van der Waals surface area contributed by atoms with Gasteiger partial charge in [0.2, 0.25) is 23.6 Å². The number of aryl methyl sites for hydroxylation is 1. The summed E-state index contributed by atoms with van der Waals surface area (Å²) in [5, 5.41) is 18.0. The highest BCUT2D eigenvalue weighted by Crippen LogP contribution is 2.37. The molecule has 9 rings (SSSR count). The van der Waals surface area contributed by atoms with Crippen LogP contribution in [-0.2, 0) is 43.1 Å². The van der Waals surface area contributed by atoms with E-state index in [1.54, 1.807) is 38.0 Å². The molecule has 3 atom stereocenters. The van der Waals surface area contributed by atoms with Gasteiger partial charge in [0.05, 0.1) is 40.0 Å². The maximum atomic E-state index is 14.2. The Morgan fingerprint density at radius 3 is 2.19 bits per heavy atom. The van der Waals surface area contributed by atoms with Gasteiger partial charge in [0.1, 0.15) is 30.8 Å². The number of carbonyl (C=O) groups excluding carboxylic acids is 4. The number of rotatable bonds is 20. The fourth-order valence-electron chi connectivity index (χ4n) is 12.0. The van der Waals surface area contributed by atoms with Crippen molar-refractivity contribution in [2.75, 3.05) is 110 Å². The minimum Gasteiger partial charge on any atom is -0.496 e. The number of aliphatic hydroxyl groups excluding tert-OH is 1. The van der Waals surface area contributed by atoms with E-state index in [2.05, 4.69) is 58.4 Å². The van der Waals surface area contributed by atoms with Crippen LogP contribution in [0.15, 0.2) is 78.4 Å². The number of anilines is 1. The maximum absolute atomic E-state index is 14.2. The van der Waals surface area contributed by atoms with Gasteiger partial charge in [-0.2, -0.15) is 0 Å². The number of hydrogen-bond acceptors (Lipinski definition) is 15. The molecule has 18 nitrogen and oxygen atoms in total. The number of aliphatic hydroxyl groups is 1. The number of piperazine rings is 2. The van der Waals surface area contributed by atoms with Gasteiger partial charge in [-0.1, -0.05) is 87.0 Å². The summed E-state index contributed by atoms with van der Waals surface area (Å²) in [7, 11) is -0.796. The van der Waals surface area contributed by atoms with Crippen molar-refractivity contribution in [2.45, 2.75) is 103 Å². The maximum Gasteiger partial charge on any atom is 0.246 e. The van der Waals surface area contributed by atoms with E-state index in [0.29, 0.717) is 54.9 Å². The Kier molecular flexibility index (Phi) is 20.5. The van der Waals surface area contributed by atoms with Crippen LogP contribution < -0.4 is 25.6 Å². The van der Waals surface area contributed by atoms with E-state index >= 15 is 0 Å². The minimum absolute atomic E-state index is 0.0163. The Labute approximate surface area is 498 Å². The lowest BCUT2D eigenvalue weighted by atomic mass is 9.85. The van der Waals surface area contributed by atoms with Gasteiger partial charge < -0.3 is 49.5 Å². The van der Waals surface area contributed by atoms with Gasteiger partial charge in [-0.25, -0.2) is 15.0 Å². The Morgan fingerprint density at radius 1 is 0.855 bits per heavy atom. The van der Waals surface area contributed by atoms with Crippen LogP contribution in [0.1, 0.15) is 86.8 Å². The highest BCUT2D eigenvalue weighted by Gasteiger charge is 2.44. The lowest BCUT2D eigenvalue weighted by Gasteiger charge is -2.43. The van der Waals surface area contributed by atoms with Crippen LogP contribution >= 0.6 is 30.1 Å². The summed E-state index contributed by atoms with van der Waals surface area (Å²) in [4.78, 5) is 82.7. The molecule has 4 fully saturated rings. The van der Waals surface area contributed by atoms with E-state index in [9.17, 15) is 28.8 Å². The number of thiazole rings is 1. The predicted molar refractivity (Wildman–Crippen MR) is 328 cm³/mol. The van der Waals surface area contributed by atoms with Crippen LogP contribution in [0.4, 0.5) is 5.69 Å². The van der Waals surface area contributed by atoms with E-state index in [0.717, 1.165) is 128 Å². The van der Waals surface area contributed by atoms with Gasteiger partial charge in [-0.3, -0.25) is 24.1 Å². The molecule has 4 aliphatic rings. The molecule has 83 heavy (non-hydrogen) atoms. The second-order valence-corrected chi connectivity index (χ2v) is 28.6. The van der Waals surface area contributed by atoms with Gasteiger partial charge in [0.15, 0.2) is 0 Å². The van der Waals surface area contributed by atoms with Crippen molar-refractivity contribution in [3.8, 4) is 16.2 Å². The van der Waals surface area contributed by atoms with E-state index in [1.807, 2.05) is 86.6 Å². The molecule has 21 heteroatoms. The highest BCUT2D eigenvalue weighted by atomic mass is 35.5. The number of nitrogens with one attached hydrogen (secondary N) is 2. The molecule has 2 aromatic heterocycles. The van der Waals surface area contributed by atoms with Crippen molar-refractivity contribution in [1.82, 2.24) is 50.1 Å². The number of ether oxygens (including phenoxy) is 1. The van der Waals surface area contributed by atoms with Gasteiger partial charge in [-0.05, 0) is 61.3 Å². The van der Waals surface area contributed by atoms with Gasteiger partial charge in [-0.15, -0.1) is 11.3 Å². The highest BCUT2D eigenvalue weighted by molar-refractivity contribution is 7.70. The fourth-order valence-corrected chi connectivity index (χ4v) is 14.3. The Bertz CT molecular complexity index is 3110. The largest absolute Gasteiger partial charge is 0.496 e. The van der Waals surface area contributed by atoms with E-state index in [1.165, 1.54) is 4.90 Å². The van der Waals surface area contributed by atoms with Crippen molar-refractivity contribution < 1.29 is 33.6 Å². The van der Waals surface area contributed by atoms with Crippen LogP contribution in [0.3, 0.4) is 0 Å². The summed E-state index contributed by atoms with van der Waals surface area (Å²) in [6, 6.07) is 20.8. The van der Waals surface area contributed by atoms with Crippen LogP contribution in [0, 0.1) is 12.3 Å². The molecule has 5 aromatic rings. The normalized spacial score (nSPS) is 19.2. The number of halogens is 1. The molecule has 4 aliphatic heterocycles. The standard InChI is InChI=1S/C62H83ClN11O7PS/c1-42-58(83-41-66-42)44-14-12-43(13-15-44)38-65-60(78)52-37-49(75)40-74(52)61(79)59(62(2,3)4)68-56(76)20-22-69-26-28-70(29-27-69)23-21-57(77)73-32-30-72(31-33-73)47-18-24-71(25-19-47)48-17-16-45(53(36-48)81-5)35-55-64-39-50(63)51(67-55)34-46-10-8-9-11-54(46)82(6,7)80/h8-17,36,39,41,47,49,52,59,75H,18-35,37-38,40H2,1-7H3,(H,65,78)(H,68,76)/t49-,52+,59-/m1/s1. The van der Waals surface area contributed by atoms with Gasteiger partial charge in [0.25, 0.3) is 0 Å². The topological polar surface area (TPSA) is 197 Å². The van der Waals surface area contributed by atoms with Crippen molar-refractivity contribution in [3.63, 3.8) is 0 Å². The number of benzene rings is 3. The molecule has 6 heterocycles. The molecule has 0 radical (unpaired) electrons. The van der Waals surface area contributed by atoms with Crippen molar-refractivity contribution >= 4 is 64.7 Å². The summed E-state index contributed by atoms with van der Waals surface area (Å²) >= 11 is 8.18. The van der Waals surface area contributed by atoms with E-state index < -0.39 is 30.7 Å². The third kappa shape index (κ3) is 16.0. The van der Waals surface area contributed by atoms with Crippen LogP contribution in [-0.4, -0.2) is 198 Å². The number of β-amino-alcohol motifs (C(OH)–C–C–N with tert-alkyl or cyclic N) is 1. The molecule has 0 bridgehead atoms. The van der Waals surface area contributed by atoms with Crippen molar-refractivity contribution in [2.24, 2.45) is 5.41 Å². The first kappa shape index (κ1) is 61.8. The zero-order valence-corrected chi connectivity index (χ0v) is 51.8. The minimum atomic E-state index is -2.49. The zero-order chi connectivity index (χ0) is 59.0. The van der Waals surface area contributed by atoms with Crippen LogP contribution in [0.25, 0.3) is 10.4 Å². The number of aromatic nitrogens is 3. The lowest BCUT2D eigenvalue weighted by Crippen LogP contribution is -2.58. The number of methoxy groups -OCH3 is 1. The Balaban J connectivity index is 0.661. The smallest absolute Gasteiger partial charge is 0.246 e. The molecule has 3 N–H and O–H groups in total. The third-order valence-corrected chi connectivity index (χ3v) is 19.8. The third-order valence-electron chi connectivity index (χ3n) is 16.9. The monoisotopic (exact) mass is 1190 g/mol. The molecule has 0 unspecified atom stereocenters. The molecular formula is C62H83ClN11O7PS. The van der Waals surface area contributed by atoms with E-state index in [4.69, 9.17) is 21.3 Å². The molecule has 4 amide bonds. The summed E-state index contributed by atoms with van der Waals surface area (Å²) < 4.78 is 18.9. The second-order valence-electron chi connectivity index (χ2n) is 24.2. The Hall–Kier alpha value is -5.79.